The number of carboxylic acids is 1. The van der Waals surface area contributed by atoms with Gasteiger partial charge in [-0.15, -0.1) is 0 Å². The number of carbonyl (C=O) groups excluding carboxylic acids is 2. The summed E-state index contributed by atoms with van der Waals surface area (Å²) in [7, 11) is 0. The fourth-order valence-electron chi connectivity index (χ4n) is 3.95. The van der Waals surface area contributed by atoms with E-state index < -0.39 is 73.2 Å². The Morgan fingerprint density at radius 3 is 2.29 bits per heavy atom. The number of ether oxygens (including phenoxy) is 5. The zero-order chi connectivity index (χ0) is 28.4. The number of aliphatic hydroxyl groups is 4. The van der Waals surface area contributed by atoms with Crippen LogP contribution in [0.3, 0.4) is 0 Å². The topological polar surface area (TPSA) is 249 Å². The summed E-state index contributed by atoms with van der Waals surface area (Å²) in [6.45, 7) is 3.28. The molecule has 6 unspecified atom stereocenters. The third kappa shape index (κ3) is 9.04. The van der Waals surface area contributed by atoms with E-state index in [9.17, 15) is 39.9 Å². The maximum absolute atomic E-state index is 11.7. The van der Waals surface area contributed by atoms with Gasteiger partial charge in [0.25, 0.3) is 0 Å². The van der Waals surface area contributed by atoms with Crippen LogP contribution in [0, 0.1) is 0 Å². The van der Waals surface area contributed by atoms with Gasteiger partial charge < -0.3 is 65.6 Å². The second-order valence-corrected chi connectivity index (χ2v) is 8.99. The van der Waals surface area contributed by atoms with Gasteiger partial charge in [0, 0.05) is 19.9 Å². The molecule has 16 heteroatoms. The van der Waals surface area contributed by atoms with E-state index in [0.29, 0.717) is 19.4 Å². The molecule has 220 valence electrons. The van der Waals surface area contributed by atoms with Crippen molar-refractivity contribution >= 4 is 17.8 Å². The molecule has 2 heterocycles. The van der Waals surface area contributed by atoms with Crippen LogP contribution >= 0.6 is 0 Å². The number of hydrogen-bond acceptors (Lipinski definition) is 13. The monoisotopic (exact) mass is 553 g/mol. The average Bonchev–Trinajstić information content (AvgIpc) is 2.86. The molecule has 0 spiro atoms. The predicted octanol–water partition coefficient (Wildman–Crippen LogP) is -4.24. The maximum atomic E-state index is 11.7. The van der Waals surface area contributed by atoms with Crippen LogP contribution in [0.5, 0.6) is 0 Å². The highest BCUT2D eigenvalue weighted by atomic mass is 16.8. The normalized spacial score (nSPS) is 35.4. The zero-order valence-corrected chi connectivity index (χ0v) is 21.3. The van der Waals surface area contributed by atoms with E-state index >= 15 is 0 Å². The van der Waals surface area contributed by atoms with E-state index in [0.717, 1.165) is 0 Å². The highest BCUT2D eigenvalue weighted by molar-refractivity contribution is 5.75. The van der Waals surface area contributed by atoms with E-state index in [-0.39, 0.29) is 32.3 Å². The van der Waals surface area contributed by atoms with Crippen molar-refractivity contribution in [3.8, 4) is 0 Å². The molecular weight excluding hydrogens is 514 g/mol. The van der Waals surface area contributed by atoms with Crippen LogP contribution in [0.25, 0.3) is 0 Å². The standard InChI is InChI=1S/C22H39N3O13/c1-10-14(28)15(29)13(25-11(2)26)21(36-10)38-19-17(31)16(30)18(20(32)33)37-22(19)35-9-8-34-7-6-24-12(27)4-3-5-23/h10,13-19,21-22,28-31H,3-9,23H2,1-2H3,(H,24,27)(H,25,26)(H,32,33)/t10?,13?,14-,15?,16+,17?,18?,19?,21+,22-/m1/s1. The van der Waals surface area contributed by atoms with Crippen molar-refractivity contribution in [2.24, 2.45) is 5.73 Å². The van der Waals surface area contributed by atoms with Gasteiger partial charge in [-0.1, -0.05) is 0 Å². The van der Waals surface area contributed by atoms with Crippen LogP contribution in [0.4, 0.5) is 0 Å². The Hall–Kier alpha value is -1.99. The predicted molar refractivity (Wildman–Crippen MR) is 125 cm³/mol. The summed E-state index contributed by atoms with van der Waals surface area (Å²) < 4.78 is 27.6. The van der Waals surface area contributed by atoms with Crippen LogP contribution in [-0.4, -0.2) is 138 Å². The van der Waals surface area contributed by atoms with Crippen molar-refractivity contribution in [3.63, 3.8) is 0 Å². The molecule has 0 aliphatic carbocycles. The van der Waals surface area contributed by atoms with Gasteiger partial charge in [0.1, 0.15) is 36.6 Å². The third-order valence-electron chi connectivity index (χ3n) is 5.98. The average molecular weight is 554 g/mol. The molecule has 2 fully saturated rings. The maximum Gasteiger partial charge on any atom is 0.335 e. The molecule has 9 N–H and O–H groups in total. The van der Waals surface area contributed by atoms with Gasteiger partial charge in [-0.25, -0.2) is 4.79 Å². The molecule has 16 nitrogen and oxygen atoms in total. The first-order valence-corrected chi connectivity index (χ1v) is 12.3. The summed E-state index contributed by atoms with van der Waals surface area (Å²) in [6, 6.07) is -1.27. The van der Waals surface area contributed by atoms with Crippen molar-refractivity contribution < 1.29 is 63.6 Å². The quantitative estimate of drug-likeness (QED) is 0.0950. The van der Waals surface area contributed by atoms with Gasteiger partial charge in [-0.05, 0) is 19.9 Å². The second-order valence-electron chi connectivity index (χ2n) is 8.99. The van der Waals surface area contributed by atoms with E-state index in [1.807, 2.05) is 0 Å². The molecule has 2 rings (SSSR count). The van der Waals surface area contributed by atoms with Crippen LogP contribution < -0.4 is 16.4 Å². The van der Waals surface area contributed by atoms with E-state index in [1.54, 1.807) is 0 Å². The molecule has 2 aliphatic rings. The Labute approximate surface area is 219 Å². The summed E-state index contributed by atoms with van der Waals surface area (Å²) in [5.41, 5.74) is 5.35. The minimum absolute atomic E-state index is 0.00196. The van der Waals surface area contributed by atoms with E-state index in [2.05, 4.69) is 10.6 Å². The van der Waals surface area contributed by atoms with Crippen molar-refractivity contribution in [3.05, 3.63) is 0 Å². The van der Waals surface area contributed by atoms with Crippen molar-refractivity contribution in [2.75, 3.05) is 32.9 Å². The Morgan fingerprint density at radius 1 is 0.947 bits per heavy atom. The van der Waals surface area contributed by atoms with Crippen LogP contribution in [0.2, 0.25) is 0 Å². The molecule has 10 atom stereocenters. The molecule has 2 amide bonds. The molecule has 0 aromatic heterocycles. The van der Waals surface area contributed by atoms with Crippen molar-refractivity contribution in [1.29, 1.82) is 0 Å². The van der Waals surface area contributed by atoms with Gasteiger partial charge in [-0.3, -0.25) is 9.59 Å². The molecule has 0 aromatic carbocycles. The lowest BCUT2D eigenvalue weighted by Gasteiger charge is -2.46. The zero-order valence-electron chi connectivity index (χ0n) is 21.3. The van der Waals surface area contributed by atoms with Crippen LogP contribution in [-0.2, 0) is 38.1 Å². The Morgan fingerprint density at radius 2 is 1.66 bits per heavy atom. The molecule has 2 saturated heterocycles. The lowest BCUT2D eigenvalue weighted by atomic mass is 9.96. The van der Waals surface area contributed by atoms with E-state index in [4.69, 9.17) is 29.4 Å². The second kappa shape index (κ2) is 15.6. The number of carboxylic acid groups (broad SMARTS) is 1. The van der Waals surface area contributed by atoms with E-state index in [1.165, 1.54) is 13.8 Å². The first kappa shape index (κ1) is 32.2. The molecule has 2 aliphatic heterocycles. The first-order chi connectivity index (χ1) is 18.0. The number of aliphatic hydroxyl groups excluding tert-OH is 4. The number of hydrogen-bond donors (Lipinski definition) is 8. The largest absolute Gasteiger partial charge is 0.479 e. The number of rotatable bonds is 14. The summed E-state index contributed by atoms with van der Waals surface area (Å²) in [6.07, 6.45) is -13.0. The van der Waals surface area contributed by atoms with Gasteiger partial charge in [0.05, 0.1) is 25.9 Å². The minimum Gasteiger partial charge on any atom is -0.479 e. The summed E-state index contributed by atoms with van der Waals surface area (Å²) >= 11 is 0. The van der Waals surface area contributed by atoms with Gasteiger partial charge in [0.15, 0.2) is 18.7 Å². The summed E-state index contributed by atoms with van der Waals surface area (Å²) in [4.78, 5) is 34.7. The number of aliphatic carboxylic acids is 1. The fourth-order valence-corrected chi connectivity index (χ4v) is 3.95. The fraction of sp³-hybridized carbons (Fsp3) is 0.864. The molecule has 0 aromatic rings. The lowest BCUT2D eigenvalue weighted by molar-refractivity contribution is -0.349. The van der Waals surface area contributed by atoms with Crippen LogP contribution in [0.1, 0.15) is 26.7 Å². The highest BCUT2D eigenvalue weighted by Crippen LogP contribution is 2.29. The summed E-state index contributed by atoms with van der Waals surface area (Å²) in [5, 5.41) is 56.0. The first-order valence-electron chi connectivity index (χ1n) is 12.3. The Bertz CT molecular complexity index is 775. The van der Waals surface area contributed by atoms with Crippen LogP contribution in [0.15, 0.2) is 0 Å². The van der Waals surface area contributed by atoms with Gasteiger partial charge in [-0.2, -0.15) is 0 Å². The summed E-state index contributed by atoms with van der Waals surface area (Å²) in [5.74, 6) is -2.28. The number of nitrogens with two attached hydrogens (primary N) is 1. The third-order valence-corrected chi connectivity index (χ3v) is 5.98. The van der Waals surface area contributed by atoms with Gasteiger partial charge in [0.2, 0.25) is 11.8 Å². The highest BCUT2D eigenvalue weighted by Gasteiger charge is 2.52. The van der Waals surface area contributed by atoms with Crippen molar-refractivity contribution in [2.45, 2.75) is 88.0 Å². The number of carbonyl (C=O) groups is 3. The Balaban J connectivity index is 2.01. The molecule has 0 radical (unpaired) electrons. The lowest BCUT2D eigenvalue weighted by Crippen LogP contribution is -2.67. The van der Waals surface area contributed by atoms with Gasteiger partial charge >= 0.3 is 5.97 Å². The SMILES string of the molecule is CC(=O)NC1C(O)[C@H](O)C(C)O[C@H]1OC1C(O)[C@H](O)C(C(=O)O)O[C@H]1OCCOCCNC(=O)CCCN. The molecular formula is C22H39N3O13. The number of nitrogens with one attached hydrogen (secondary N) is 2. The molecule has 0 saturated carbocycles. The molecule has 0 bridgehead atoms. The molecule has 38 heavy (non-hydrogen) atoms. The van der Waals surface area contributed by atoms with Crippen molar-refractivity contribution in [1.82, 2.24) is 10.6 Å². The Kier molecular flexibility index (Phi) is 13.2. The minimum atomic E-state index is -1.91. The number of amides is 2. The smallest absolute Gasteiger partial charge is 0.335 e.